The van der Waals surface area contributed by atoms with Crippen LogP contribution in [0.3, 0.4) is 0 Å². The van der Waals surface area contributed by atoms with Gasteiger partial charge in [0.15, 0.2) is 5.82 Å². The van der Waals surface area contributed by atoms with Crippen molar-refractivity contribution in [2.75, 3.05) is 25.5 Å². The number of H-pyrrole nitrogens is 1. The van der Waals surface area contributed by atoms with E-state index < -0.39 is 0 Å². The summed E-state index contributed by atoms with van der Waals surface area (Å²) in [4.78, 5) is 18.1. The van der Waals surface area contributed by atoms with Gasteiger partial charge in [-0.15, -0.1) is 0 Å². The Balaban J connectivity index is 2.10. The lowest BCUT2D eigenvalue weighted by atomic mass is 9.86. The summed E-state index contributed by atoms with van der Waals surface area (Å²) in [5.74, 6) is 0.712. The summed E-state index contributed by atoms with van der Waals surface area (Å²) in [5.41, 5.74) is 5.73. The van der Waals surface area contributed by atoms with E-state index in [9.17, 15) is 4.79 Å². The molecule has 6 heteroatoms. The van der Waals surface area contributed by atoms with Crippen LogP contribution in [0.4, 0.5) is 5.82 Å². The SMILES string of the molecule is COc1c(NCC2(CN)CCCC2)nc[nH]c1=O. The number of nitrogens with zero attached hydrogens (tertiary/aromatic N) is 1. The first-order valence-electron chi connectivity index (χ1n) is 6.26. The summed E-state index contributed by atoms with van der Waals surface area (Å²) in [6, 6.07) is 0. The second-order valence-corrected chi connectivity index (χ2v) is 4.88. The Morgan fingerprint density at radius 1 is 1.56 bits per heavy atom. The Bertz CT molecular complexity index is 452. The third kappa shape index (κ3) is 2.48. The van der Waals surface area contributed by atoms with Gasteiger partial charge in [-0.2, -0.15) is 0 Å². The van der Waals surface area contributed by atoms with Crippen LogP contribution in [-0.2, 0) is 0 Å². The Kier molecular flexibility index (Phi) is 3.86. The van der Waals surface area contributed by atoms with E-state index in [0.717, 1.165) is 19.4 Å². The number of methoxy groups -OCH3 is 1. The molecule has 1 aromatic heterocycles. The number of ether oxygens (including phenoxy) is 1. The molecule has 0 aliphatic heterocycles. The average molecular weight is 252 g/mol. The quantitative estimate of drug-likeness (QED) is 0.717. The van der Waals surface area contributed by atoms with Crippen molar-refractivity contribution < 1.29 is 4.74 Å². The summed E-state index contributed by atoms with van der Waals surface area (Å²) >= 11 is 0. The van der Waals surface area contributed by atoms with Crippen molar-refractivity contribution in [1.29, 1.82) is 0 Å². The molecule has 18 heavy (non-hydrogen) atoms. The van der Waals surface area contributed by atoms with Crippen molar-refractivity contribution in [1.82, 2.24) is 9.97 Å². The van der Waals surface area contributed by atoms with Crippen LogP contribution < -0.4 is 21.3 Å². The predicted molar refractivity (Wildman–Crippen MR) is 69.9 cm³/mol. The highest BCUT2D eigenvalue weighted by Gasteiger charge is 2.32. The van der Waals surface area contributed by atoms with Gasteiger partial charge >= 0.3 is 0 Å². The number of nitrogens with one attached hydrogen (secondary N) is 2. The highest BCUT2D eigenvalue weighted by Crippen LogP contribution is 2.37. The molecule has 100 valence electrons. The summed E-state index contributed by atoms with van der Waals surface area (Å²) in [6.45, 7) is 1.39. The molecular formula is C12H20N4O2. The molecule has 1 heterocycles. The van der Waals surface area contributed by atoms with Crippen LogP contribution in [0.5, 0.6) is 5.75 Å². The van der Waals surface area contributed by atoms with E-state index in [1.54, 1.807) is 0 Å². The summed E-state index contributed by atoms with van der Waals surface area (Å²) < 4.78 is 5.06. The number of rotatable bonds is 5. The van der Waals surface area contributed by atoms with Gasteiger partial charge in [-0.05, 0) is 24.8 Å². The van der Waals surface area contributed by atoms with Crippen LogP contribution in [0.2, 0.25) is 0 Å². The predicted octanol–water partition coefficient (Wildman–Crippen LogP) is 0.709. The Hall–Kier alpha value is -1.56. The van der Waals surface area contributed by atoms with Crippen LogP contribution in [0, 0.1) is 5.41 Å². The molecule has 1 aliphatic rings. The maximum atomic E-state index is 11.5. The van der Waals surface area contributed by atoms with Gasteiger partial charge in [0.1, 0.15) is 0 Å². The van der Waals surface area contributed by atoms with E-state index in [4.69, 9.17) is 10.5 Å². The minimum absolute atomic E-state index is 0.134. The lowest BCUT2D eigenvalue weighted by Crippen LogP contribution is -2.35. The first-order chi connectivity index (χ1) is 8.71. The second-order valence-electron chi connectivity index (χ2n) is 4.88. The maximum Gasteiger partial charge on any atom is 0.295 e. The molecule has 6 nitrogen and oxygen atoms in total. The van der Waals surface area contributed by atoms with Crippen LogP contribution in [0.15, 0.2) is 11.1 Å². The van der Waals surface area contributed by atoms with E-state index in [-0.39, 0.29) is 16.7 Å². The van der Waals surface area contributed by atoms with Crippen molar-refractivity contribution in [3.8, 4) is 5.75 Å². The van der Waals surface area contributed by atoms with Crippen molar-refractivity contribution in [3.05, 3.63) is 16.7 Å². The molecule has 0 aromatic carbocycles. The fraction of sp³-hybridized carbons (Fsp3) is 0.667. The number of hydrogen-bond acceptors (Lipinski definition) is 5. The minimum Gasteiger partial charge on any atom is -0.489 e. The van der Waals surface area contributed by atoms with Crippen LogP contribution in [0.1, 0.15) is 25.7 Å². The largest absolute Gasteiger partial charge is 0.489 e. The molecule has 0 bridgehead atoms. The lowest BCUT2D eigenvalue weighted by molar-refractivity contribution is 0.330. The van der Waals surface area contributed by atoms with Crippen molar-refractivity contribution >= 4 is 5.82 Å². The molecular weight excluding hydrogens is 232 g/mol. The number of aromatic nitrogens is 2. The van der Waals surface area contributed by atoms with Gasteiger partial charge in [0.05, 0.1) is 13.4 Å². The first-order valence-corrected chi connectivity index (χ1v) is 6.26. The van der Waals surface area contributed by atoms with Gasteiger partial charge in [0.25, 0.3) is 5.56 Å². The Morgan fingerprint density at radius 3 is 2.89 bits per heavy atom. The van der Waals surface area contributed by atoms with Gasteiger partial charge in [-0.25, -0.2) is 4.98 Å². The zero-order valence-electron chi connectivity index (χ0n) is 10.7. The molecule has 0 radical (unpaired) electrons. The third-order valence-electron chi connectivity index (χ3n) is 3.74. The van der Waals surface area contributed by atoms with Gasteiger partial charge in [0, 0.05) is 6.54 Å². The van der Waals surface area contributed by atoms with E-state index in [0.29, 0.717) is 12.4 Å². The van der Waals surface area contributed by atoms with Crippen LogP contribution in [-0.4, -0.2) is 30.2 Å². The first kappa shape index (κ1) is 12.9. The van der Waals surface area contributed by atoms with Gasteiger partial charge in [0.2, 0.25) is 5.75 Å². The zero-order chi connectivity index (χ0) is 13.0. The summed E-state index contributed by atoms with van der Waals surface area (Å²) in [6.07, 6.45) is 6.07. The standard InChI is InChI=1S/C12H20N4O2/c1-18-9-10(15-8-16-11(9)17)14-7-12(6-13)4-2-3-5-12/h8H,2-7,13H2,1H3,(H2,14,15,16,17). The number of nitrogens with two attached hydrogens (primary N) is 1. The molecule has 0 amide bonds. The zero-order valence-corrected chi connectivity index (χ0v) is 10.7. The molecule has 0 spiro atoms. The van der Waals surface area contributed by atoms with Crippen LogP contribution in [0.25, 0.3) is 0 Å². The van der Waals surface area contributed by atoms with Crippen LogP contribution >= 0.6 is 0 Å². The number of anilines is 1. The van der Waals surface area contributed by atoms with E-state index in [1.165, 1.54) is 26.3 Å². The highest BCUT2D eigenvalue weighted by atomic mass is 16.5. The third-order valence-corrected chi connectivity index (χ3v) is 3.74. The Morgan fingerprint density at radius 2 is 2.28 bits per heavy atom. The van der Waals surface area contributed by atoms with E-state index >= 15 is 0 Å². The van der Waals surface area contributed by atoms with Gasteiger partial charge in [-0.1, -0.05) is 12.8 Å². The monoisotopic (exact) mass is 252 g/mol. The maximum absolute atomic E-state index is 11.5. The number of aromatic amines is 1. The molecule has 4 N–H and O–H groups in total. The van der Waals surface area contributed by atoms with Crippen molar-refractivity contribution in [3.63, 3.8) is 0 Å². The van der Waals surface area contributed by atoms with Gasteiger partial charge < -0.3 is 20.8 Å². The van der Waals surface area contributed by atoms with E-state index in [2.05, 4.69) is 15.3 Å². The normalized spacial score (nSPS) is 17.7. The molecule has 1 aromatic rings. The molecule has 1 saturated carbocycles. The van der Waals surface area contributed by atoms with Gasteiger partial charge in [-0.3, -0.25) is 4.79 Å². The van der Waals surface area contributed by atoms with Crippen molar-refractivity contribution in [2.45, 2.75) is 25.7 Å². The summed E-state index contributed by atoms with van der Waals surface area (Å²) in [5, 5.41) is 3.20. The molecule has 1 aliphatic carbocycles. The lowest BCUT2D eigenvalue weighted by Gasteiger charge is -2.27. The minimum atomic E-state index is -0.275. The fourth-order valence-corrected chi connectivity index (χ4v) is 2.55. The fourth-order valence-electron chi connectivity index (χ4n) is 2.55. The molecule has 1 fully saturated rings. The summed E-state index contributed by atoms with van der Waals surface area (Å²) in [7, 11) is 1.46. The molecule has 2 rings (SSSR count). The molecule has 0 unspecified atom stereocenters. The smallest absolute Gasteiger partial charge is 0.295 e. The Labute approximate surface area is 106 Å². The molecule has 0 saturated heterocycles. The topological polar surface area (TPSA) is 93.0 Å². The number of hydrogen-bond donors (Lipinski definition) is 3. The van der Waals surface area contributed by atoms with Crippen molar-refractivity contribution in [2.24, 2.45) is 11.1 Å². The van der Waals surface area contributed by atoms with E-state index in [1.807, 2.05) is 0 Å². The molecule has 0 atom stereocenters. The average Bonchev–Trinajstić information content (AvgIpc) is 2.86. The highest BCUT2D eigenvalue weighted by molar-refractivity contribution is 5.48. The second kappa shape index (κ2) is 5.39.